The minimum absolute atomic E-state index is 0.0126. The van der Waals surface area contributed by atoms with E-state index in [0.29, 0.717) is 6.42 Å². The van der Waals surface area contributed by atoms with Crippen LogP contribution in [0, 0.1) is 11.2 Å². The van der Waals surface area contributed by atoms with Gasteiger partial charge in [-0.3, -0.25) is 9.59 Å². The molecule has 5 rings (SSSR count). The summed E-state index contributed by atoms with van der Waals surface area (Å²) in [6.45, 7) is 0.0429. The number of rotatable bonds is 9. The highest BCUT2D eigenvalue weighted by Gasteiger charge is 2.68. The molecule has 0 aliphatic heterocycles. The van der Waals surface area contributed by atoms with Gasteiger partial charge in [0, 0.05) is 18.0 Å². The van der Waals surface area contributed by atoms with Gasteiger partial charge in [-0.15, -0.1) is 0 Å². The fourth-order valence-electron chi connectivity index (χ4n) is 4.58. The molecule has 2 bridgehead atoms. The van der Waals surface area contributed by atoms with Crippen LogP contribution in [-0.4, -0.2) is 36.5 Å². The summed E-state index contributed by atoms with van der Waals surface area (Å²) in [7, 11) is 0. The van der Waals surface area contributed by atoms with Gasteiger partial charge in [0.05, 0.1) is 11.1 Å². The molecule has 0 radical (unpaired) electrons. The average Bonchev–Trinajstić information content (AvgIpc) is 2.51. The zero-order valence-corrected chi connectivity index (χ0v) is 15.8. The third-order valence-electron chi connectivity index (χ3n) is 5.91. The van der Waals surface area contributed by atoms with Crippen LogP contribution in [-0.2, 0) is 14.3 Å². The van der Waals surface area contributed by atoms with Crippen LogP contribution >= 0.6 is 11.6 Å². The molecule has 146 valence electrons. The Balaban J connectivity index is 1.16. The summed E-state index contributed by atoms with van der Waals surface area (Å²) in [4.78, 5) is 24.2. The lowest BCUT2D eigenvalue weighted by molar-refractivity contribution is -0.175. The number of amides is 1. The highest BCUT2D eigenvalue weighted by molar-refractivity contribution is 6.30. The van der Waals surface area contributed by atoms with E-state index in [0.717, 1.165) is 38.2 Å². The Labute approximate surface area is 162 Å². The summed E-state index contributed by atoms with van der Waals surface area (Å²) in [5.74, 6) is -0.395. The van der Waals surface area contributed by atoms with E-state index < -0.39 is 5.82 Å². The first-order chi connectivity index (χ1) is 12.9. The molecule has 7 heteroatoms. The third kappa shape index (κ3) is 3.97. The summed E-state index contributed by atoms with van der Waals surface area (Å²) in [5, 5.41) is 3.01. The lowest BCUT2D eigenvalue weighted by atomic mass is 9.38. The van der Waals surface area contributed by atoms with Crippen molar-refractivity contribution in [3.8, 4) is 5.75 Å². The Morgan fingerprint density at radius 1 is 1.22 bits per heavy atom. The number of nitrogens with one attached hydrogen (secondary N) is 1. The van der Waals surface area contributed by atoms with Crippen LogP contribution in [0.5, 0.6) is 5.75 Å². The Kier molecular flexibility index (Phi) is 4.89. The van der Waals surface area contributed by atoms with Crippen LogP contribution in [0.2, 0.25) is 5.02 Å². The highest BCUT2D eigenvalue weighted by Crippen LogP contribution is 2.69. The summed E-state index contributed by atoms with van der Waals surface area (Å²) in [6, 6.07) is 4.07. The normalized spacial score (nSPS) is 28.5. The molecule has 1 N–H and O–H groups in total. The van der Waals surface area contributed by atoms with Crippen LogP contribution in [0.25, 0.3) is 0 Å². The van der Waals surface area contributed by atoms with Gasteiger partial charge in [0.25, 0.3) is 5.91 Å². The number of hydrogen-bond acceptors (Lipinski definition) is 4. The summed E-state index contributed by atoms with van der Waals surface area (Å²) < 4.78 is 24.3. The van der Waals surface area contributed by atoms with Gasteiger partial charge in [0.15, 0.2) is 12.4 Å². The van der Waals surface area contributed by atoms with Crippen molar-refractivity contribution < 1.29 is 23.5 Å². The standard InChI is InChI=1S/C20H23ClFNO4/c21-16-5-4-15(6-17(16)22)27-9-18(25)23-20-10-19(11-20,12-20)7-13(24)8-26-14-2-1-3-14/h4-6,14H,1-3,7-12H2,(H,23,25). The van der Waals surface area contributed by atoms with Gasteiger partial charge in [0.2, 0.25) is 0 Å². The van der Waals surface area contributed by atoms with Gasteiger partial charge >= 0.3 is 0 Å². The summed E-state index contributed by atoms with van der Waals surface area (Å²) in [6.07, 6.45) is 6.64. The van der Waals surface area contributed by atoms with Gasteiger partial charge in [-0.05, 0) is 56.1 Å². The average molecular weight is 396 g/mol. The minimum atomic E-state index is -0.582. The quantitative estimate of drug-likeness (QED) is 0.695. The molecule has 27 heavy (non-hydrogen) atoms. The lowest BCUT2D eigenvalue weighted by Crippen LogP contribution is -2.75. The molecule has 1 aromatic rings. The monoisotopic (exact) mass is 395 g/mol. The lowest BCUT2D eigenvalue weighted by Gasteiger charge is -2.70. The highest BCUT2D eigenvalue weighted by atomic mass is 35.5. The molecule has 0 atom stereocenters. The van der Waals surface area contributed by atoms with Gasteiger partial charge < -0.3 is 14.8 Å². The Bertz CT molecular complexity index is 745. The molecular weight excluding hydrogens is 373 g/mol. The van der Waals surface area contributed by atoms with Crippen LogP contribution in [0.1, 0.15) is 44.9 Å². The van der Waals surface area contributed by atoms with Crippen molar-refractivity contribution in [2.24, 2.45) is 5.41 Å². The Morgan fingerprint density at radius 3 is 2.59 bits per heavy atom. The molecule has 0 heterocycles. The van der Waals surface area contributed by atoms with Crippen LogP contribution in [0.4, 0.5) is 4.39 Å². The van der Waals surface area contributed by atoms with E-state index in [-0.39, 0.29) is 52.7 Å². The van der Waals surface area contributed by atoms with Crippen molar-refractivity contribution in [1.29, 1.82) is 0 Å². The van der Waals surface area contributed by atoms with E-state index in [4.69, 9.17) is 21.1 Å². The molecule has 1 amide bonds. The number of carbonyl (C=O) groups is 2. The molecule has 4 fully saturated rings. The molecule has 0 saturated heterocycles. The maximum Gasteiger partial charge on any atom is 0.258 e. The summed E-state index contributed by atoms with van der Waals surface area (Å²) in [5.41, 5.74) is -0.145. The fraction of sp³-hybridized carbons (Fsp3) is 0.600. The second-order valence-corrected chi connectivity index (χ2v) is 8.71. The number of benzene rings is 1. The van der Waals surface area contributed by atoms with Gasteiger partial charge in [-0.25, -0.2) is 4.39 Å². The zero-order chi connectivity index (χ0) is 19.1. The number of halogens is 2. The Morgan fingerprint density at radius 2 is 1.96 bits per heavy atom. The SMILES string of the molecule is O=C(COC1CCC1)CC12CC(NC(=O)COc3ccc(Cl)c(F)c3)(C1)C2. The maximum atomic E-state index is 13.4. The van der Waals surface area contributed by atoms with E-state index >= 15 is 0 Å². The molecule has 4 aliphatic rings. The molecule has 4 saturated carbocycles. The van der Waals surface area contributed by atoms with Crippen molar-refractivity contribution in [3.05, 3.63) is 29.0 Å². The first-order valence-electron chi connectivity index (χ1n) is 9.39. The van der Waals surface area contributed by atoms with E-state index in [1.807, 2.05) is 0 Å². The zero-order valence-electron chi connectivity index (χ0n) is 15.1. The van der Waals surface area contributed by atoms with E-state index in [1.165, 1.54) is 18.6 Å². The number of hydrogen-bond donors (Lipinski definition) is 1. The molecule has 0 unspecified atom stereocenters. The molecule has 0 aromatic heterocycles. The number of ether oxygens (including phenoxy) is 2. The van der Waals surface area contributed by atoms with Crippen molar-refractivity contribution in [1.82, 2.24) is 5.32 Å². The number of Topliss-reactive ketones (excluding diaryl/α,β-unsaturated/α-hetero) is 1. The van der Waals surface area contributed by atoms with Crippen molar-refractivity contribution in [2.45, 2.75) is 56.6 Å². The van der Waals surface area contributed by atoms with Crippen molar-refractivity contribution >= 4 is 23.3 Å². The van der Waals surface area contributed by atoms with Crippen LogP contribution in [0.3, 0.4) is 0 Å². The van der Waals surface area contributed by atoms with Crippen molar-refractivity contribution in [2.75, 3.05) is 13.2 Å². The smallest absolute Gasteiger partial charge is 0.258 e. The second-order valence-electron chi connectivity index (χ2n) is 8.30. The maximum absolute atomic E-state index is 13.4. The molecule has 4 aliphatic carbocycles. The van der Waals surface area contributed by atoms with Gasteiger partial charge in [0.1, 0.15) is 18.2 Å². The largest absolute Gasteiger partial charge is 0.484 e. The number of carbonyl (C=O) groups excluding carboxylic acids is 2. The van der Waals surface area contributed by atoms with Crippen LogP contribution < -0.4 is 10.1 Å². The van der Waals surface area contributed by atoms with Gasteiger partial charge in [-0.1, -0.05) is 11.6 Å². The second kappa shape index (κ2) is 7.06. The van der Waals surface area contributed by atoms with Crippen molar-refractivity contribution in [3.63, 3.8) is 0 Å². The predicted molar refractivity (Wildman–Crippen MR) is 97.3 cm³/mol. The van der Waals surface area contributed by atoms with E-state index in [1.54, 1.807) is 0 Å². The van der Waals surface area contributed by atoms with Crippen LogP contribution in [0.15, 0.2) is 18.2 Å². The molecule has 1 aromatic carbocycles. The number of ketones is 1. The van der Waals surface area contributed by atoms with Gasteiger partial charge in [-0.2, -0.15) is 0 Å². The minimum Gasteiger partial charge on any atom is -0.484 e. The topological polar surface area (TPSA) is 64.6 Å². The third-order valence-corrected chi connectivity index (χ3v) is 6.22. The fourth-order valence-corrected chi connectivity index (χ4v) is 4.70. The molecule has 0 spiro atoms. The molecular formula is C20H23ClFNO4. The first kappa shape index (κ1) is 18.7. The molecule has 5 nitrogen and oxygen atoms in total. The Hall–Kier alpha value is -1.66. The predicted octanol–water partition coefficient (Wildman–Crippen LogP) is 3.43. The summed E-state index contributed by atoms with van der Waals surface area (Å²) >= 11 is 5.61. The van der Waals surface area contributed by atoms with E-state index in [9.17, 15) is 14.0 Å². The van der Waals surface area contributed by atoms with E-state index in [2.05, 4.69) is 5.32 Å². The first-order valence-corrected chi connectivity index (χ1v) is 9.77.